The molecule has 0 heterocycles. The first-order chi connectivity index (χ1) is 10.6. The minimum atomic E-state index is -2.75. The van der Waals surface area contributed by atoms with Crippen LogP contribution in [0.25, 0.3) is 0 Å². The number of aliphatic hydroxyl groups excluding tert-OH is 2. The van der Waals surface area contributed by atoms with Gasteiger partial charge in [-0.25, -0.2) is 0 Å². The number of unbranched alkanes of at least 4 members (excludes halogenated alkanes) is 2. The molecule has 0 saturated heterocycles. The zero-order valence-corrected chi connectivity index (χ0v) is 14.4. The largest absolute Gasteiger partial charge is 0.443 e. The first kappa shape index (κ1) is 19.2. The van der Waals surface area contributed by atoms with E-state index in [0.717, 1.165) is 12.8 Å². The first-order valence-electron chi connectivity index (χ1n) is 8.22. The summed E-state index contributed by atoms with van der Waals surface area (Å²) >= 11 is 0. The highest BCUT2D eigenvalue weighted by atomic mass is 31.2. The smallest absolute Gasteiger partial charge is 0.247 e. The standard InChI is InChI=1S/C17H29O4P/c1-2-7-16-8-10-17(11-9-16)21-22(20,14-5-3-12-18)15-6-4-13-19/h8-11,18-19H,2-7,12-15H2,1H3. The summed E-state index contributed by atoms with van der Waals surface area (Å²) in [5.41, 5.74) is 1.25. The highest BCUT2D eigenvalue weighted by Gasteiger charge is 2.23. The zero-order valence-electron chi connectivity index (χ0n) is 13.5. The second-order valence-electron chi connectivity index (χ2n) is 5.61. The Morgan fingerprint density at radius 1 is 0.955 bits per heavy atom. The van der Waals surface area contributed by atoms with Crippen molar-refractivity contribution in [3.8, 4) is 5.75 Å². The second-order valence-corrected chi connectivity index (χ2v) is 8.31. The van der Waals surface area contributed by atoms with E-state index in [2.05, 4.69) is 6.92 Å². The Labute approximate surface area is 134 Å². The molecular weight excluding hydrogens is 299 g/mol. The van der Waals surface area contributed by atoms with Crippen molar-refractivity contribution in [2.75, 3.05) is 25.5 Å². The fourth-order valence-corrected chi connectivity index (χ4v) is 4.65. The van der Waals surface area contributed by atoms with Crippen LogP contribution in [-0.4, -0.2) is 35.8 Å². The van der Waals surface area contributed by atoms with Gasteiger partial charge in [0.05, 0.1) is 0 Å². The Morgan fingerprint density at radius 3 is 1.95 bits per heavy atom. The van der Waals surface area contributed by atoms with Crippen LogP contribution in [0, 0.1) is 0 Å². The van der Waals surface area contributed by atoms with E-state index in [1.807, 2.05) is 24.3 Å². The van der Waals surface area contributed by atoms with Crippen LogP contribution >= 0.6 is 7.37 Å². The van der Waals surface area contributed by atoms with Crippen LogP contribution in [0.4, 0.5) is 0 Å². The Bertz CT molecular complexity index is 430. The van der Waals surface area contributed by atoms with E-state index < -0.39 is 7.37 Å². The summed E-state index contributed by atoms with van der Waals surface area (Å²) in [5.74, 6) is 0.649. The fraction of sp³-hybridized carbons (Fsp3) is 0.647. The molecule has 1 rings (SSSR count). The maximum absolute atomic E-state index is 13.0. The summed E-state index contributed by atoms with van der Waals surface area (Å²) in [6.07, 6.45) is 5.77. The van der Waals surface area contributed by atoms with Crippen LogP contribution < -0.4 is 4.52 Å². The maximum atomic E-state index is 13.0. The van der Waals surface area contributed by atoms with Crippen molar-refractivity contribution in [2.45, 2.75) is 45.4 Å². The predicted octanol–water partition coefficient (Wildman–Crippen LogP) is 3.84. The highest BCUT2D eigenvalue weighted by molar-refractivity contribution is 7.59. The summed E-state index contributed by atoms with van der Waals surface area (Å²) in [5, 5.41) is 17.8. The zero-order chi connectivity index (χ0) is 16.3. The van der Waals surface area contributed by atoms with Crippen molar-refractivity contribution in [3.05, 3.63) is 29.8 Å². The molecule has 2 N–H and O–H groups in total. The SMILES string of the molecule is CCCc1ccc(OP(=O)(CCCCO)CCCCO)cc1. The van der Waals surface area contributed by atoms with Gasteiger partial charge in [0, 0.05) is 25.5 Å². The van der Waals surface area contributed by atoms with E-state index in [1.54, 1.807) is 0 Å². The summed E-state index contributed by atoms with van der Waals surface area (Å²) < 4.78 is 18.8. The fourth-order valence-electron chi connectivity index (χ4n) is 2.33. The number of aryl methyl sites for hydroxylation is 1. The van der Waals surface area contributed by atoms with E-state index in [4.69, 9.17) is 14.7 Å². The van der Waals surface area contributed by atoms with E-state index in [9.17, 15) is 4.57 Å². The average Bonchev–Trinajstić information content (AvgIpc) is 2.50. The van der Waals surface area contributed by atoms with Crippen LogP contribution in [0.1, 0.15) is 44.6 Å². The number of rotatable bonds is 12. The molecular formula is C17H29O4P. The minimum Gasteiger partial charge on any atom is -0.443 e. The summed E-state index contributed by atoms with van der Waals surface area (Å²) in [6, 6.07) is 7.81. The monoisotopic (exact) mass is 328 g/mol. The molecule has 5 heteroatoms. The number of aliphatic hydroxyl groups is 2. The minimum absolute atomic E-state index is 0.113. The van der Waals surface area contributed by atoms with E-state index in [0.29, 0.717) is 43.8 Å². The second kappa shape index (κ2) is 10.8. The Balaban J connectivity index is 2.66. The number of hydrogen-bond acceptors (Lipinski definition) is 4. The van der Waals surface area contributed by atoms with Gasteiger partial charge in [-0.15, -0.1) is 0 Å². The van der Waals surface area contributed by atoms with Crippen molar-refractivity contribution < 1.29 is 19.3 Å². The lowest BCUT2D eigenvalue weighted by Crippen LogP contribution is -2.04. The number of benzene rings is 1. The molecule has 0 spiro atoms. The van der Waals surface area contributed by atoms with Crippen LogP contribution in [0.15, 0.2) is 24.3 Å². The molecule has 0 saturated carbocycles. The lowest BCUT2D eigenvalue weighted by Gasteiger charge is -2.20. The van der Waals surface area contributed by atoms with Gasteiger partial charge in [0.2, 0.25) is 7.37 Å². The molecule has 0 radical (unpaired) electrons. The van der Waals surface area contributed by atoms with Crippen molar-refractivity contribution >= 4 is 7.37 Å². The normalized spacial score (nSPS) is 11.6. The van der Waals surface area contributed by atoms with E-state index >= 15 is 0 Å². The summed E-state index contributed by atoms with van der Waals surface area (Å²) in [6.45, 7) is 2.37. The molecule has 0 aromatic heterocycles. The molecule has 1 aromatic rings. The van der Waals surface area contributed by atoms with Crippen LogP contribution in [0.3, 0.4) is 0 Å². The van der Waals surface area contributed by atoms with Gasteiger partial charge in [-0.2, -0.15) is 0 Å². The molecule has 0 aliphatic heterocycles. The molecule has 1 aromatic carbocycles. The lowest BCUT2D eigenvalue weighted by atomic mass is 10.1. The molecule has 22 heavy (non-hydrogen) atoms. The quantitative estimate of drug-likeness (QED) is 0.452. The topological polar surface area (TPSA) is 66.8 Å². The molecule has 0 bridgehead atoms. The van der Waals surface area contributed by atoms with Gasteiger partial charge in [0.15, 0.2) is 0 Å². The van der Waals surface area contributed by atoms with Crippen molar-refractivity contribution in [1.82, 2.24) is 0 Å². The van der Waals surface area contributed by atoms with Crippen LogP contribution in [-0.2, 0) is 11.0 Å². The van der Waals surface area contributed by atoms with Gasteiger partial charge in [-0.05, 0) is 49.8 Å². The third-order valence-electron chi connectivity index (χ3n) is 3.55. The van der Waals surface area contributed by atoms with Crippen molar-refractivity contribution in [2.24, 2.45) is 0 Å². The van der Waals surface area contributed by atoms with Crippen LogP contribution in [0.2, 0.25) is 0 Å². The van der Waals surface area contributed by atoms with E-state index in [1.165, 1.54) is 5.56 Å². The highest BCUT2D eigenvalue weighted by Crippen LogP contribution is 2.48. The Kier molecular flexibility index (Phi) is 9.45. The van der Waals surface area contributed by atoms with Crippen molar-refractivity contribution in [1.29, 1.82) is 0 Å². The predicted molar refractivity (Wildman–Crippen MR) is 91.0 cm³/mol. The third-order valence-corrected chi connectivity index (χ3v) is 6.09. The van der Waals surface area contributed by atoms with Gasteiger partial charge < -0.3 is 14.7 Å². The average molecular weight is 328 g/mol. The molecule has 0 aliphatic rings. The molecule has 4 nitrogen and oxygen atoms in total. The molecule has 0 aliphatic carbocycles. The maximum Gasteiger partial charge on any atom is 0.247 e. The molecule has 0 unspecified atom stereocenters. The summed E-state index contributed by atoms with van der Waals surface area (Å²) in [4.78, 5) is 0. The van der Waals surface area contributed by atoms with Crippen LogP contribution in [0.5, 0.6) is 5.75 Å². The Hall–Kier alpha value is -0.830. The first-order valence-corrected chi connectivity index (χ1v) is 10.2. The third kappa shape index (κ3) is 7.44. The Morgan fingerprint density at radius 2 is 1.50 bits per heavy atom. The number of hydrogen-bond donors (Lipinski definition) is 2. The van der Waals surface area contributed by atoms with Gasteiger partial charge in [-0.3, -0.25) is 4.57 Å². The molecule has 0 fully saturated rings. The van der Waals surface area contributed by atoms with Gasteiger partial charge in [-0.1, -0.05) is 25.5 Å². The van der Waals surface area contributed by atoms with Gasteiger partial charge >= 0.3 is 0 Å². The van der Waals surface area contributed by atoms with E-state index in [-0.39, 0.29) is 13.2 Å². The molecule has 0 amide bonds. The molecule has 0 atom stereocenters. The summed E-state index contributed by atoms with van der Waals surface area (Å²) in [7, 11) is -2.75. The lowest BCUT2D eigenvalue weighted by molar-refractivity contribution is 0.286. The van der Waals surface area contributed by atoms with Gasteiger partial charge in [0.1, 0.15) is 5.75 Å². The van der Waals surface area contributed by atoms with Crippen molar-refractivity contribution in [3.63, 3.8) is 0 Å². The van der Waals surface area contributed by atoms with Gasteiger partial charge in [0.25, 0.3) is 0 Å². The molecule has 126 valence electrons.